The molecule has 2 amide bonds. The van der Waals surface area contributed by atoms with Crippen LogP contribution in [-0.2, 0) is 24.2 Å². The van der Waals surface area contributed by atoms with E-state index in [1.807, 2.05) is 79.7 Å². The lowest BCUT2D eigenvalue weighted by Crippen LogP contribution is -2.29. The number of benzene rings is 3. The SMILES string of the molecule is Cc1ccc(NC(=O)c2c(N=C3C(=O)N(Cc4ccc(Cl)cc4)c4ccccc43)sc3c2CCCC3)cc1. The van der Waals surface area contributed by atoms with Crippen molar-refractivity contribution < 1.29 is 9.59 Å². The molecule has 0 bridgehead atoms. The molecule has 0 saturated carbocycles. The van der Waals surface area contributed by atoms with Crippen LogP contribution in [0, 0.1) is 6.92 Å². The normalized spacial score (nSPS) is 15.5. The van der Waals surface area contributed by atoms with Gasteiger partial charge in [0.05, 0.1) is 17.8 Å². The Balaban J connectivity index is 1.40. The third-order valence-corrected chi connectivity index (χ3v) is 8.49. The number of carbonyl (C=O) groups is 2. The number of halogens is 1. The number of amides is 2. The lowest BCUT2D eigenvalue weighted by atomic mass is 9.95. The zero-order valence-corrected chi connectivity index (χ0v) is 22.5. The van der Waals surface area contributed by atoms with Crippen LogP contribution in [-0.4, -0.2) is 17.5 Å². The topological polar surface area (TPSA) is 61.8 Å². The smallest absolute Gasteiger partial charge is 0.277 e. The minimum absolute atomic E-state index is 0.169. The molecule has 3 aromatic carbocycles. The second-order valence-electron chi connectivity index (χ2n) is 9.71. The van der Waals surface area contributed by atoms with Crippen LogP contribution in [0.15, 0.2) is 77.8 Å². The van der Waals surface area contributed by atoms with Gasteiger partial charge in [0.1, 0.15) is 10.7 Å². The maximum atomic E-state index is 13.8. The van der Waals surface area contributed by atoms with Crippen molar-refractivity contribution in [3.05, 3.63) is 111 Å². The second-order valence-corrected chi connectivity index (χ2v) is 11.2. The van der Waals surface area contributed by atoms with Gasteiger partial charge in [-0.05, 0) is 74.1 Å². The Hall–Kier alpha value is -3.74. The minimum Gasteiger partial charge on any atom is -0.322 e. The molecule has 0 saturated heterocycles. The highest BCUT2D eigenvalue weighted by molar-refractivity contribution is 7.16. The number of thiophene rings is 1. The summed E-state index contributed by atoms with van der Waals surface area (Å²) in [4.78, 5) is 35.2. The minimum atomic E-state index is -0.177. The summed E-state index contributed by atoms with van der Waals surface area (Å²) in [6.45, 7) is 2.43. The fourth-order valence-corrected chi connectivity index (χ4v) is 6.48. The molecule has 0 radical (unpaired) electrons. The fraction of sp³-hybridized carbons (Fsp3) is 0.194. The number of fused-ring (bicyclic) bond motifs is 2. The molecule has 1 aliphatic carbocycles. The van der Waals surface area contributed by atoms with Gasteiger partial charge >= 0.3 is 0 Å². The Bertz CT molecular complexity index is 1570. The molecule has 0 atom stereocenters. The van der Waals surface area contributed by atoms with E-state index in [1.165, 1.54) is 16.2 Å². The van der Waals surface area contributed by atoms with Gasteiger partial charge in [0.25, 0.3) is 11.8 Å². The number of nitrogens with one attached hydrogen (secondary N) is 1. The van der Waals surface area contributed by atoms with Gasteiger partial charge < -0.3 is 10.2 Å². The summed E-state index contributed by atoms with van der Waals surface area (Å²) in [7, 11) is 0. The van der Waals surface area contributed by atoms with Crippen LogP contribution in [0.1, 0.15) is 50.3 Å². The van der Waals surface area contributed by atoms with Crippen LogP contribution in [0.25, 0.3) is 0 Å². The summed E-state index contributed by atoms with van der Waals surface area (Å²) in [5.74, 6) is -0.346. The van der Waals surface area contributed by atoms with Gasteiger partial charge in [-0.3, -0.25) is 9.59 Å². The fourth-order valence-electron chi connectivity index (χ4n) is 5.10. The zero-order valence-electron chi connectivity index (χ0n) is 21.0. The predicted octanol–water partition coefficient (Wildman–Crippen LogP) is 7.51. The van der Waals surface area contributed by atoms with Crippen LogP contribution in [0.4, 0.5) is 16.4 Å². The van der Waals surface area contributed by atoms with Gasteiger partial charge in [0, 0.05) is 21.2 Å². The summed E-state index contributed by atoms with van der Waals surface area (Å²) in [5.41, 5.74) is 6.49. The van der Waals surface area contributed by atoms with E-state index in [2.05, 4.69) is 5.32 Å². The number of nitrogens with zero attached hydrogens (tertiary/aromatic N) is 2. The molecule has 0 unspecified atom stereocenters. The molecular formula is C31H26ClN3O2S. The Kier molecular flexibility index (Phi) is 6.60. The van der Waals surface area contributed by atoms with Crippen molar-refractivity contribution >= 4 is 56.8 Å². The van der Waals surface area contributed by atoms with E-state index >= 15 is 0 Å². The van der Waals surface area contributed by atoms with Crippen molar-refractivity contribution in [2.24, 2.45) is 4.99 Å². The summed E-state index contributed by atoms with van der Waals surface area (Å²) in [6.07, 6.45) is 3.92. The molecule has 0 spiro atoms. The van der Waals surface area contributed by atoms with Crippen LogP contribution >= 0.6 is 22.9 Å². The van der Waals surface area contributed by atoms with Crippen LogP contribution < -0.4 is 10.2 Å². The van der Waals surface area contributed by atoms with Crippen LogP contribution in [0.5, 0.6) is 0 Å². The monoisotopic (exact) mass is 539 g/mol. The third kappa shape index (κ3) is 4.66. The molecule has 1 aromatic heterocycles. The highest BCUT2D eigenvalue weighted by Gasteiger charge is 2.35. The van der Waals surface area contributed by atoms with Crippen molar-refractivity contribution in [3.8, 4) is 0 Å². The molecule has 2 aliphatic rings. The molecule has 4 aromatic rings. The van der Waals surface area contributed by atoms with Crippen molar-refractivity contribution in [1.29, 1.82) is 0 Å². The Morgan fingerprint density at radius 2 is 1.74 bits per heavy atom. The van der Waals surface area contributed by atoms with Gasteiger partial charge in [-0.2, -0.15) is 0 Å². The Labute approximate surface area is 230 Å². The lowest BCUT2D eigenvalue weighted by molar-refractivity contribution is -0.112. The highest BCUT2D eigenvalue weighted by atomic mass is 35.5. The Morgan fingerprint density at radius 1 is 1.00 bits per heavy atom. The molecule has 1 N–H and O–H groups in total. The molecule has 5 nitrogen and oxygen atoms in total. The van der Waals surface area contributed by atoms with Gasteiger partial charge in [0.15, 0.2) is 0 Å². The van der Waals surface area contributed by atoms with Crippen LogP contribution in [0.2, 0.25) is 5.02 Å². The van der Waals surface area contributed by atoms with E-state index in [0.29, 0.717) is 27.8 Å². The number of anilines is 2. The predicted molar refractivity (Wildman–Crippen MR) is 155 cm³/mol. The maximum Gasteiger partial charge on any atom is 0.277 e. The molecular weight excluding hydrogens is 514 g/mol. The first-order valence-electron chi connectivity index (χ1n) is 12.7. The first kappa shape index (κ1) is 24.6. The van der Waals surface area contributed by atoms with E-state index < -0.39 is 0 Å². The lowest BCUT2D eigenvalue weighted by Gasteiger charge is -2.17. The quantitative estimate of drug-likeness (QED) is 0.285. The molecule has 2 heterocycles. The number of rotatable bonds is 5. The number of hydrogen-bond acceptors (Lipinski definition) is 4. The third-order valence-electron chi connectivity index (χ3n) is 7.05. The number of hydrogen-bond donors (Lipinski definition) is 1. The molecule has 1 aliphatic heterocycles. The average molecular weight is 540 g/mol. The number of aryl methyl sites for hydroxylation is 2. The summed E-state index contributed by atoms with van der Waals surface area (Å²) in [6, 6.07) is 23.0. The van der Waals surface area contributed by atoms with Crippen molar-refractivity contribution in [2.75, 3.05) is 10.2 Å². The molecule has 38 heavy (non-hydrogen) atoms. The van der Waals surface area contributed by atoms with Crippen LogP contribution in [0.3, 0.4) is 0 Å². The van der Waals surface area contributed by atoms with E-state index in [-0.39, 0.29) is 11.8 Å². The van der Waals surface area contributed by atoms with E-state index in [9.17, 15) is 9.59 Å². The Morgan fingerprint density at radius 3 is 2.53 bits per heavy atom. The molecule has 190 valence electrons. The first-order chi connectivity index (χ1) is 18.5. The zero-order chi connectivity index (χ0) is 26.2. The molecule has 0 fully saturated rings. The largest absolute Gasteiger partial charge is 0.322 e. The standard InChI is InChI=1S/C31H26ClN3O2S/c1-19-10-16-22(17-11-19)33-29(36)27-24-7-3-5-9-26(24)38-30(27)34-28-23-6-2-4-8-25(23)35(31(28)37)18-20-12-14-21(32)15-13-20/h2,4,6,8,10-17H,3,5,7,9,18H2,1H3,(H,33,36). The number of para-hydroxylation sites is 1. The summed E-state index contributed by atoms with van der Waals surface area (Å²) < 4.78 is 0. The number of aliphatic imine (C=N–C) groups is 1. The first-order valence-corrected chi connectivity index (χ1v) is 13.9. The average Bonchev–Trinajstić information content (AvgIpc) is 3.42. The maximum absolute atomic E-state index is 13.8. The summed E-state index contributed by atoms with van der Waals surface area (Å²) in [5, 5.41) is 4.32. The van der Waals surface area contributed by atoms with Crippen molar-refractivity contribution in [2.45, 2.75) is 39.2 Å². The van der Waals surface area contributed by atoms with E-state index in [0.717, 1.165) is 59.3 Å². The van der Waals surface area contributed by atoms with Gasteiger partial charge in [-0.25, -0.2) is 4.99 Å². The second kappa shape index (κ2) is 10.2. The van der Waals surface area contributed by atoms with E-state index in [4.69, 9.17) is 16.6 Å². The highest BCUT2D eigenvalue weighted by Crippen LogP contribution is 2.42. The molecule has 7 heteroatoms. The summed E-state index contributed by atoms with van der Waals surface area (Å²) >= 11 is 7.60. The number of carbonyl (C=O) groups excluding carboxylic acids is 2. The van der Waals surface area contributed by atoms with Gasteiger partial charge in [0.2, 0.25) is 0 Å². The molecule has 6 rings (SSSR count). The van der Waals surface area contributed by atoms with Gasteiger partial charge in [-0.15, -0.1) is 11.3 Å². The van der Waals surface area contributed by atoms with Crippen molar-refractivity contribution in [3.63, 3.8) is 0 Å². The van der Waals surface area contributed by atoms with Crippen molar-refractivity contribution in [1.82, 2.24) is 0 Å². The van der Waals surface area contributed by atoms with E-state index in [1.54, 1.807) is 4.90 Å². The van der Waals surface area contributed by atoms with Gasteiger partial charge in [-0.1, -0.05) is 59.6 Å².